The zero-order valence-electron chi connectivity index (χ0n) is 15.7. The fraction of sp³-hybridized carbons (Fsp3) is 0.550. The molecular formula is C20H25NO5S. The monoisotopic (exact) mass is 391 g/mol. The summed E-state index contributed by atoms with van der Waals surface area (Å²) in [5.74, 6) is -0.507. The molecule has 1 amide bonds. The Bertz CT molecular complexity index is 767. The minimum absolute atomic E-state index is 0.206. The highest BCUT2D eigenvalue weighted by Crippen LogP contribution is 2.40. The lowest BCUT2D eigenvalue weighted by molar-refractivity contribution is -0.147. The first-order valence-corrected chi connectivity index (χ1v) is 10.1. The molecule has 1 heterocycles. The molecule has 27 heavy (non-hydrogen) atoms. The molecule has 1 aromatic rings. The van der Waals surface area contributed by atoms with Gasteiger partial charge in [0.25, 0.3) is 5.91 Å². The molecule has 3 rings (SSSR count). The Morgan fingerprint density at radius 3 is 2.81 bits per heavy atom. The van der Waals surface area contributed by atoms with Crippen LogP contribution in [0.25, 0.3) is 0 Å². The van der Waals surface area contributed by atoms with Crippen LogP contribution < -0.4 is 5.32 Å². The molecule has 7 heteroatoms. The number of ether oxygens (including phenoxy) is 2. The fourth-order valence-corrected chi connectivity index (χ4v) is 5.02. The van der Waals surface area contributed by atoms with Gasteiger partial charge in [0.2, 0.25) is 0 Å². The Morgan fingerprint density at radius 2 is 2.11 bits per heavy atom. The zero-order valence-corrected chi connectivity index (χ0v) is 16.5. The van der Waals surface area contributed by atoms with Gasteiger partial charge in [-0.05, 0) is 49.5 Å². The molecule has 0 unspecified atom stereocenters. The third-order valence-corrected chi connectivity index (χ3v) is 6.23. The van der Waals surface area contributed by atoms with Crippen LogP contribution in [0.2, 0.25) is 0 Å². The van der Waals surface area contributed by atoms with Crippen LogP contribution in [-0.2, 0) is 31.9 Å². The predicted octanol–water partition coefficient (Wildman–Crippen LogP) is 3.50. The number of anilines is 1. The van der Waals surface area contributed by atoms with E-state index in [-0.39, 0.29) is 18.5 Å². The number of amides is 1. The number of hydrogen-bond acceptors (Lipinski definition) is 6. The van der Waals surface area contributed by atoms with Gasteiger partial charge in [0.1, 0.15) is 5.00 Å². The summed E-state index contributed by atoms with van der Waals surface area (Å²) in [6, 6.07) is 0. The number of rotatable bonds is 6. The van der Waals surface area contributed by atoms with E-state index in [2.05, 4.69) is 18.3 Å². The molecule has 0 saturated heterocycles. The second kappa shape index (κ2) is 8.69. The van der Waals surface area contributed by atoms with Gasteiger partial charge < -0.3 is 14.8 Å². The van der Waals surface area contributed by atoms with Crippen molar-refractivity contribution in [1.29, 1.82) is 0 Å². The van der Waals surface area contributed by atoms with Crippen molar-refractivity contribution in [3.63, 3.8) is 0 Å². The van der Waals surface area contributed by atoms with Crippen molar-refractivity contribution in [2.24, 2.45) is 11.8 Å². The Kier molecular flexibility index (Phi) is 6.31. The number of hydrogen-bond donors (Lipinski definition) is 1. The van der Waals surface area contributed by atoms with Crippen molar-refractivity contribution in [2.45, 2.75) is 45.4 Å². The van der Waals surface area contributed by atoms with Crippen LogP contribution in [0.1, 0.15) is 53.4 Å². The number of methoxy groups -OCH3 is 1. The minimum Gasteiger partial charge on any atom is -0.465 e. The van der Waals surface area contributed by atoms with Gasteiger partial charge in [-0.15, -0.1) is 11.3 Å². The lowest BCUT2D eigenvalue weighted by Gasteiger charge is -2.18. The standard InChI is InChI=1S/C20H25NO5S/c1-12-7-8-14-15(9-12)27-19(18(14)20(24)25-2)21-16(22)11-26-17(23)10-13-5-3-4-6-13/h3,5,12-13H,4,6-11H2,1-2H3,(H,21,22)/t12-,13-/m0/s1. The van der Waals surface area contributed by atoms with Crippen molar-refractivity contribution >= 4 is 34.2 Å². The Labute approximate surface area is 162 Å². The summed E-state index contributed by atoms with van der Waals surface area (Å²) >= 11 is 1.42. The molecular weight excluding hydrogens is 366 g/mol. The molecule has 1 N–H and O–H groups in total. The second-order valence-corrected chi connectivity index (χ2v) is 8.33. The van der Waals surface area contributed by atoms with Gasteiger partial charge in [0.05, 0.1) is 19.1 Å². The van der Waals surface area contributed by atoms with Crippen LogP contribution >= 0.6 is 11.3 Å². The molecule has 0 bridgehead atoms. The van der Waals surface area contributed by atoms with Gasteiger partial charge >= 0.3 is 11.9 Å². The Balaban J connectivity index is 1.62. The molecule has 0 aromatic carbocycles. The lowest BCUT2D eigenvalue weighted by Crippen LogP contribution is -2.22. The highest BCUT2D eigenvalue weighted by molar-refractivity contribution is 7.17. The quantitative estimate of drug-likeness (QED) is 0.593. The van der Waals surface area contributed by atoms with Crippen molar-refractivity contribution in [2.75, 3.05) is 19.0 Å². The normalized spacial score (nSPS) is 20.8. The molecule has 146 valence electrons. The number of thiophene rings is 1. The Morgan fingerprint density at radius 1 is 1.30 bits per heavy atom. The summed E-state index contributed by atoms with van der Waals surface area (Å²) in [5, 5.41) is 3.22. The first-order valence-electron chi connectivity index (χ1n) is 9.33. The average molecular weight is 391 g/mol. The second-order valence-electron chi connectivity index (χ2n) is 7.23. The molecule has 0 aliphatic heterocycles. The van der Waals surface area contributed by atoms with Gasteiger partial charge in [-0.1, -0.05) is 19.1 Å². The van der Waals surface area contributed by atoms with E-state index in [0.29, 0.717) is 22.9 Å². The maximum Gasteiger partial charge on any atom is 0.341 e. The largest absolute Gasteiger partial charge is 0.465 e. The van der Waals surface area contributed by atoms with Crippen LogP contribution in [-0.4, -0.2) is 31.6 Å². The highest BCUT2D eigenvalue weighted by Gasteiger charge is 2.29. The van der Waals surface area contributed by atoms with E-state index in [9.17, 15) is 14.4 Å². The Hall–Kier alpha value is -2.15. The van der Waals surface area contributed by atoms with Crippen molar-refractivity contribution in [3.05, 3.63) is 28.2 Å². The third kappa shape index (κ3) is 4.77. The van der Waals surface area contributed by atoms with Crippen LogP contribution in [0.5, 0.6) is 0 Å². The molecule has 0 spiro atoms. The summed E-state index contributed by atoms with van der Waals surface area (Å²) in [5.41, 5.74) is 1.42. The number of esters is 2. The SMILES string of the molecule is COC(=O)c1c(NC(=O)COC(=O)C[C@H]2C=CCC2)sc2c1CC[C@H](C)C2. The van der Waals surface area contributed by atoms with E-state index in [1.54, 1.807) is 0 Å². The maximum atomic E-state index is 12.2. The molecule has 6 nitrogen and oxygen atoms in total. The minimum atomic E-state index is -0.442. The highest BCUT2D eigenvalue weighted by atomic mass is 32.1. The van der Waals surface area contributed by atoms with Crippen LogP contribution in [0.15, 0.2) is 12.2 Å². The molecule has 2 aliphatic rings. The third-order valence-electron chi connectivity index (χ3n) is 5.06. The van der Waals surface area contributed by atoms with E-state index >= 15 is 0 Å². The predicted molar refractivity (Wildman–Crippen MR) is 103 cm³/mol. The smallest absolute Gasteiger partial charge is 0.341 e. The van der Waals surface area contributed by atoms with Crippen LogP contribution in [0.3, 0.4) is 0 Å². The van der Waals surface area contributed by atoms with Gasteiger partial charge in [-0.25, -0.2) is 4.79 Å². The fourth-order valence-electron chi connectivity index (χ4n) is 3.60. The van der Waals surface area contributed by atoms with E-state index in [4.69, 9.17) is 9.47 Å². The molecule has 0 radical (unpaired) electrons. The summed E-state index contributed by atoms with van der Waals surface area (Å²) < 4.78 is 9.99. The lowest BCUT2D eigenvalue weighted by atomic mass is 9.88. The van der Waals surface area contributed by atoms with Gasteiger partial charge in [-0.2, -0.15) is 0 Å². The number of carbonyl (C=O) groups is 3. The summed E-state index contributed by atoms with van der Waals surface area (Å²) in [6.45, 7) is 1.83. The maximum absolute atomic E-state index is 12.2. The number of allylic oxidation sites excluding steroid dienone is 2. The van der Waals surface area contributed by atoms with Gasteiger partial charge in [0.15, 0.2) is 6.61 Å². The molecule has 2 atom stereocenters. The summed E-state index contributed by atoms with van der Waals surface area (Å²) in [6.07, 6.45) is 9.00. The zero-order chi connectivity index (χ0) is 19.4. The van der Waals surface area contributed by atoms with Gasteiger partial charge in [0, 0.05) is 4.88 Å². The molecule has 0 saturated carbocycles. The molecule has 0 fully saturated rings. The van der Waals surface area contributed by atoms with Crippen molar-refractivity contribution < 1.29 is 23.9 Å². The van der Waals surface area contributed by atoms with Crippen molar-refractivity contribution in [1.82, 2.24) is 0 Å². The topological polar surface area (TPSA) is 81.7 Å². The van der Waals surface area contributed by atoms with Crippen molar-refractivity contribution in [3.8, 4) is 0 Å². The van der Waals surface area contributed by atoms with Gasteiger partial charge in [-0.3, -0.25) is 9.59 Å². The van der Waals surface area contributed by atoms with Crippen LogP contribution in [0.4, 0.5) is 5.00 Å². The van der Waals surface area contributed by atoms with E-state index < -0.39 is 11.9 Å². The molecule has 1 aromatic heterocycles. The number of fused-ring (bicyclic) bond motifs is 1. The summed E-state index contributed by atoms with van der Waals surface area (Å²) in [4.78, 5) is 37.5. The summed E-state index contributed by atoms with van der Waals surface area (Å²) in [7, 11) is 1.34. The first-order chi connectivity index (χ1) is 13.0. The number of carbonyl (C=O) groups excluding carboxylic acids is 3. The van der Waals surface area contributed by atoms with Crippen LogP contribution in [0, 0.1) is 11.8 Å². The van der Waals surface area contributed by atoms with E-state index in [1.165, 1.54) is 18.4 Å². The first kappa shape index (κ1) is 19.6. The van der Waals surface area contributed by atoms with E-state index in [0.717, 1.165) is 42.5 Å². The average Bonchev–Trinajstić information content (AvgIpc) is 3.26. The molecule has 2 aliphatic carbocycles. The number of nitrogens with one attached hydrogen (secondary N) is 1. The van der Waals surface area contributed by atoms with E-state index in [1.807, 2.05) is 6.08 Å².